The smallest absolute Gasteiger partial charge is 0.318 e. The molecule has 1 aromatic carbocycles. The number of nitrogens with two attached hydrogens (primary N) is 1. The van der Waals surface area contributed by atoms with E-state index in [0.29, 0.717) is 5.56 Å². The van der Waals surface area contributed by atoms with Crippen molar-refractivity contribution in [3.8, 4) is 11.1 Å². The molecule has 1 aromatic heterocycles. The summed E-state index contributed by atoms with van der Waals surface area (Å²) in [6, 6.07) is 7.43. The van der Waals surface area contributed by atoms with E-state index in [4.69, 9.17) is 5.73 Å². The number of hydrogen-bond acceptors (Lipinski definition) is 4. The van der Waals surface area contributed by atoms with Gasteiger partial charge in [-0.1, -0.05) is 25.1 Å². The fourth-order valence-corrected chi connectivity index (χ4v) is 2.24. The van der Waals surface area contributed by atoms with Gasteiger partial charge in [-0.2, -0.15) is 0 Å². The number of pyridine rings is 1. The molecular weight excluding hydrogens is 242 g/mol. The Morgan fingerprint density at radius 3 is 2.68 bits per heavy atom. The Bertz CT molecular complexity index is 639. The minimum Gasteiger partial charge on any atom is -0.378 e. The first-order chi connectivity index (χ1) is 9.06. The highest BCUT2D eigenvalue weighted by molar-refractivity contribution is 5.81. The zero-order chi connectivity index (χ0) is 14.0. The van der Waals surface area contributed by atoms with Crippen molar-refractivity contribution in [2.24, 2.45) is 0 Å². The monoisotopic (exact) mass is 257 g/mol. The first kappa shape index (κ1) is 13.0. The predicted octanol–water partition coefficient (Wildman–Crippen LogP) is 3.11. The summed E-state index contributed by atoms with van der Waals surface area (Å²) < 4.78 is 0. The van der Waals surface area contributed by atoms with Crippen LogP contribution in [0.4, 0.5) is 11.5 Å². The molecular formula is C14H15N3O2. The van der Waals surface area contributed by atoms with Gasteiger partial charge in [0.1, 0.15) is 0 Å². The quantitative estimate of drug-likeness (QED) is 0.676. The van der Waals surface area contributed by atoms with Gasteiger partial charge in [0.15, 0.2) is 0 Å². The molecule has 98 valence electrons. The van der Waals surface area contributed by atoms with Crippen LogP contribution in [0, 0.1) is 17.0 Å². The molecule has 0 fully saturated rings. The van der Waals surface area contributed by atoms with Crippen molar-refractivity contribution in [1.82, 2.24) is 4.98 Å². The molecule has 19 heavy (non-hydrogen) atoms. The number of nitrogen functional groups attached to an aromatic ring is 1. The normalized spacial score (nSPS) is 10.4. The van der Waals surface area contributed by atoms with Gasteiger partial charge in [0, 0.05) is 6.20 Å². The van der Waals surface area contributed by atoms with Crippen molar-refractivity contribution in [1.29, 1.82) is 0 Å². The molecule has 0 saturated heterocycles. The van der Waals surface area contributed by atoms with Gasteiger partial charge in [-0.15, -0.1) is 0 Å². The third kappa shape index (κ3) is 2.27. The summed E-state index contributed by atoms with van der Waals surface area (Å²) in [5, 5.41) is 11.2. The van der Waals surface area contributed by atoms with Crippen molar-refractivity contribution in [2.75, 3.05) is 5.73 Å². The first-order valence-corrected chi connectivity index (χ1v) is 6.04. The van der Waals surface area contributed by atoms with Gasteiger partial charge < -0.3 is 5.73 Å². The second kappa shape index (κ2) is 5.06. The standard InChI is InChI=1S/C14H15N3O2/c1-3-10-5-4-6-11(9(10)2)12-7-8-16-14(15)13(12)17(18)19/h4-8H,3H2,1-2H3,(H2,15,16). The molecule has 5 nitrogen and oxygen atoms in total. The van der Waals surface area contributed by atoms with E-state index in [-0.39, 0.29) is 11.5 Å². The lowest BCUT2D eigenvalue weighted by molar-refractivity contribution is -0.383. The van der Waals surface area contributed by atoms with Gasteiger partial charge in [-0.05, 0) is 36.1 Å². The largest absolute Gasteiger partial charge is 0.378 e. The molecule has 0 saturated carbocycles. The highest BCUT2D eigenvalue weighted by Gasteiger charge is 2.21. The SMILES string of the molecule is CCc1cccc(-c2ccnc(N)c2[N+](=O)[O-])c1C. The number of rotatable bonds is 3. The fourth-order valence-electron chi connectivity index (χ4n) is 2.24. The number of anilines is 1. The Labute approximate surface area is 111 Å². The van der Waals surface area contributed by atoms with E-state index in [1.165, 1.54) is 11.8 Å². The molecule has 0 bridgehead atoms. The van der Waals surface area contributed by atoms with Crippen molar-refractivity contribution < 1.29 is 4.92 Å². The maximum absolute atomic E-state index is 11.2. The van der Waals surface area contributed by atoms with Crippen LogP contribution >= 0.6 is 0 Å². The molecule has 0 atom stereocenters. The van der Waals surface area contributed by atoms with E-state index in [0.717, 1.165) is 17.5 Å². The highest BCUT2D eigenvalue weighted by atomic mass is 16.6. The maximum atomic E-state index is 11.2. The van der Waals surface area contributed by atoms with Crippen LogP contribution in [-0.2, 0) is 6.42 Å². The predicted molar refractivity (Wildman–Crippen MR) is 74.9 cm³/mol. The van der Waals surface area contributed by atoms with Gasteiger partial charge in [0.05, 0.1) is 10.5 Å². The third-order valence-electron chi connectivity index (χ3n) is 3.25. The Balaban J connectivity index is 2.73. The summed E-state index contributed by atoms with van der Waals surface area (Å²) in [7, 11) is 0. The summed E-state index contributed by atoms with van der Waals surface area (Å²) in [5.74, 6) is -0.0520. The first-order valence-electron chi connectivity index (χ1n) is 6.04. The topological polar surface area (TPSA) is 82.0 Å². The molecule has 2 aromatic rings. The summed E-state index contributed by atoms with van der Waals surface area (Å²) in [5.41, 5.74) is 9.06. The van der Waals surface area contributed by atoms with Crippen LogP contribution < -0.4 is 5.73 Å². The molecule has 2 rings (SSSR count). The summed E-state index contributed by atoms with van der Waals surface area (Å²) in [6.07, 6.45) is 2.38. The summed E-state index contributed by atoms with van der Waals surface area (Å²) >= 11 is 0. The fraction of sp³-hybridized carbons (Fsp3) is 0.214. The molecule has 1 heterocycles. The van der Waals surface area contributed by atoms with E-state index in [1.54, 1.807) is 6.07 Å². The lowest BCUT2D eigenvalue weighted by Crippen LogP contribution is -2.01. The number of hydrogen-bond donors (Lipinski definition) is 1. The van der Waals surface area contributed by atoms with Crippen LogP contribution in [0.15, 0.2) is 30.5 Å². The van der Waals surface area contributed by atoms with Crippen molar-refractivity contribution in [3.63, 3.8) is 0 Å². The summed E-state index contributed by atoms with van der Waals surface area (Å²) in [4.78, 5) is 14.5. The molecule has 2 N–H and O–H groups in total. The van der Waals surface area contributed by atoms with Crippen molar-refractivity contribution >= 4 is 11.5 Å². The van der Waals surface area contributed by atoms with E-state index in [1.807, 2.05) is 25.1 Å². The van der Waals surface area contributed by atoms with Gasteiger partial charge in [-0.3, -0.25) is 10.1 Å². The lowest BCUT2D eigenvalue weighted by Gasteiger charge is -2.11. The van der Waals surface area contributed by atoms with Crippen LogP contribution in [0.2, 0.25) is 0 Å². The number of aryl methyl sites for hydroxylation is 1. The molecule has 0 radical (unpaired) electrons. The van der Waals surface area contributed by atoms with Crippen LogP contribution in [0.3, 0.4) is 0 Å². The Morgan fingerprint density at radius 1 is 1.32 bits per heavy atom. The Kier molecular flexibility index (Phi) is 3.46. The zero-order valence-corrected chi connectivity index (χ0v) is 10.9. The number of nitrogens with zero attached hydrogens (tertiary/aromatic N) is 2. The van der Waals surface area contributed by atoms with Crippen LogP contribution in [0.25, 0.3) is 11.1 Å². The lowest BCUT2D eigenvalue weighted by atomic mass is 9.95. The van der Waals surface area contributed by atoms with Gasteiger partial charge in [0.25, 0.3) is 0 Å². The van der Waals surface area contributed by atoms with E-state index in [2.05, 4.69) is 11.9 Å². The van der Waals surface area contributed by atoms with Gasteiger partial charge in [-0.25, -0.2) is 4.98 Å². The maximum Gasteiger partial charge on any atom is 0.318 e. The van der Waals surface area contributed by atoms with E-state index in [9.17, 15) is 10.1 Å². The molecule has 0 aliphatic rings. The minimum absolute atomic E-state index is 0.0520. The van der Waals surface area contributed by atoms with Crippen LogP contribution in [0.5, 0.6) is 0 Å². The molecule has 0 spiro atoms. The number of benzene rings is 1. The molecule has 0 aliphatic carbocycles. The van der Waals surface area contributed by atoms with Crippen LogP contribution in [0.1, 0.15) is 18.1 Å². The highest BCUT2D eigenvalue weighted by Crippen LogP contribution is 2.35. The van der Waals surface area contributed by atoms with E-state index < -0.39 is 4.92 Å². The second-order valence-corrected chi connectivity index (χ2v) is 4.29. The average molecular weight is 257 g/mol. The molecule has 0 amide bonds. The third-order valence-corrected chi connectivity index (χ3v) is 3.25. The minimum atomic E-state index is -0.476. The van der Waals surface area contributed by atoms with Gasteiger partial charge >= 0.3 is 5.69 Å². The average Bonchev–Trinajstić information content (AvgIpc) is 2.38. The molecule has 5 heteroatoms. The number of aromatic nitrogens is 1. The van der Waals surface area contributed by atoms with Crippen molar-refractivity contribution in [2.45, 2.75) is 20.3 Å². The number of nitro groups is 1. The zero-order valence-electron chi connectivity index (χ0n) is 10.9. The summed E-state index contributed by atoms with van der Waals surface area (Å²) in [6.45, 7) is 4.02. The van der Waals surface area contributed by atoms with E-state index >= 15 is 0 Å². The second-order valence-electron chi connectivity index (χ2n) is 4.29. The molecule has 0 aliphatic heterocycles. The Hall–Kier alpha value is -2.43. The molecule has 0 unspecified atom stereocenters. The van der Waals surface area contributed by atoms with Crippen LogP contribution in [-0.4, -0.2) is 9.91 Å². The van der Waals surface area contributed by atoms with Crippen molar-refractivity contribution in [3.05, 3.63) is 51.7 Å². The van der Waals surface area contributed by atoms with Gasteiger partial charge in [0.2, 0.25) is 5.82 Å². The Morgan fingerprint density at radius 2 is 2.05 bits per heavy atom.